The average molecular weight is 191 g/mol. The van der Waals surface area contributed by atoms with Gasteiger partial charge >= 0.3 is 0 Å². The van der Waals surface area contributed by atoms with Gasteiger partial charge in [-0.05, 0) is 6.92 Å². The minimum Gasteiger partial charge on any atom is -0.355 e. The second-order valence-electron chi connectivity index (χ2n) is 2.81. The molecule has 2 aromatic heterocycles. The van der Waals surface area contributed by atoms with Gasteiger partial charge in [-0.2, -0.15) is 10.1 Å². The molecule has 0 atom stereocenters. The van der Waals surface area contributed by atoms with Crippen LogP contribution >= 0.6 is 0 Å². The van der Waals surface area contributed by atoms with E-state index in [1.54, 1.807) is 14.0 Å². The Hall–Kier alpha value is -1.98. The van der Waals surface area contributed by atoms with E-state index >= 15 is 0 Å². The minimum absolute atomic E-state index is 0.174. The van der Waals surface area contributed by atoms with E-state index in [4.69, 9.17) is 0 Å². The van der Waals surface area contributed by atoms with Crippen molar-refractivity contribution in [2.24, 2.45) is 0 Å². The molecule has 0 saturated heterocycles. The first kappa shape index (κ1) is 8.61. The lowest BCUT2D eigenvalue weighted by Gasteiger charge is -2.04. The van der Waals surface area contributed by atoms with Crippen LogP contribution in [0, 0.1) is 6.92 Å². The van der Waals surface area contributed by atoms with Gasteiger partial charge in [-0.1, -0.05) is 0 Å². The molecule has 2 heterocycles. The zero-order valence-electron chi connectivity index (χ0n) is 7.85. The largest absolute Gasteiger partial charge is 0.355 e. The summed E-state index contributed by atoms with van der Waals surface area (Å²) in [4.78, 5) is 19.3. The van der Waals surface area contributed by atoms with Crippen LogP contribution in [0.4, 0.5) is 0 Å². The lowest BCUT2D eigenvalue weighted by Crippen LogP contribution is -2.20. The van der Waals surface area contributed by atoms with Gasteiger partial charge in [0.15, 0.2) is 0 Å². The molecule has 72 valence electrons. The van der Waals surface area contributed by atoms with Crippen molar-refractivity contribution >= 4 is 11.7 Å². The molecule has 0 bridgehead atoms. The summed E-state index contributed by atoms with van der Waals surface area (Å²) in [5, 5.41) is 6.50. The van der Waals surface area contributed by atoms with E-state index in [9.17, 15) is 4.79 Å². The van der Waals surface area contributed by atoms with Crippen molar-refractivity contribution in [3.05, 3.63) is 23.8 Å². The summed E-state index contributed by atoms with van der Waals surface area (Å²) in [6.07, 6.45) is 2.90. The molecule has 6 heteroatoms. The third kappa shape index (κ3) is 1.12. The van der Waals surface area contributed by atoms with Crippen LogP contribution in [0.1, 0.15) is 16.1 Å². The molecule has 2 aromatic rings. The van der Waals surface area contributed by atoms with E-state index in [1.807, 2.05) is 0 Å². The third-order valence-electron chi connectivity index (χ3n) is 2.02. The topological polar surface area (TPSA) is 72.2 Å². The first-order valence-corrected chi connectivity index (χ1v) is 4.11. The van der Waals surface area contributed by atoms with Crippen molar-refractivity contribution in [2.75, 3.05) is 7.05 Å². The number of hydrogen-bond acceptors (Lipinski definition) is 4. The van der Waals surface area contributed by atoms with Crippen molar-refractivity contribution in [3.8, 4) is 0 Å². The zero-order chi connectivity index (χ0) is 10.1. The Kier molecular flexibility index (Phi) is 1.88. The Labute approximate surface area is 80.0 Å². The Morgan fingerprint density at radius 3 is 3.00 bits per heavy atom. The molecule has 0 spiro atoms. The quantitative estimate of drug-likeness (QED) is 0.677. The van der Waals surface area contributed by atoms with Crippen LogP contribution in [-0.4, -0.2) is 32.5 Å². The summed E-state index contributed by atoms with van der Waals surface area (Å²) >= 11 is 0. The van der Waals surface area contributed by atoms with Crippen LogP contribution in [0.2, 0.25) is 0 Å². The molecule has 0 aromatic carbocycles. The van der Waals surface area contributed by atoms with Gasteiger partial charge in [0, 0.05) is 13.2 Å². The first-order valence-electron chi connectivity index (χ1n) is 4.11. The molecule has 0 fully saturated rings. The monoisotopic (exact) mass is 191 g/mol. The summed E-state index contributed by atoms with van der Waals surface area (Å²) in [6, 6.07) is 0. The second kappa shape index (κ2) is 3.06. The number of nitrogens with zero attached hydrogens (tertiary/aromatic N) is 4. The molecule has 0 aliphatic heterocycles. The van der Waals surface area contributed by atoms with E-state index in [1.165, 1.54) is 17.0 Å². The number of fused-ring (bicyclic) bond motifs is 1. The van der Waals surface area contributed by atoms with Gasteiger partial charge in [0.25, 0.3) is 11.7 Å². The molecule has 0 radical (unpaired) electrons. The highest BCUT2D eigenvalue weighted by Crippen LogP contribution is 2.06. The summed E-state index contributed by atoms with van der Waals surface area (Å²) in [5.41, 5.74) is 1.23. The summed E-state index contributed by atoms with van der Waals surface area (Å²) in [7, 11) is 1.58. The number of hydrogen-bond donors (Lipinski definition) is 1. The van der Waals surface area contributed by atoms with Crippen molar-refractivity contribution in [2.45, 2.75) is 6.92 Å². The number of carbonyl (C=O) groups is 1. The Morgan fingerprint density at radius 2 is 2.29 bits per heavy atom. The molecule has 0 aliphatic carbocycles. The van der Waals surface area contributed by atoms with Crippen LogP contribution in [0.5, 0.6) is 0 Å². The van der Waals surface area contributed by atoms with E-state index in [0.29, 0.717) is 11.3 Å². The smallest absolute Gasteiger partial charge is 0.254 e. The number of amides is 1. The fraction of sp³-hybridized carbons (Fsp3) is 0.250. The van der Waals surface area contributed by atoms with Gasteiger partial charge in [-0.15, -0.1) is 0 Å². The van der Waals surface area contributed by atoms with Gasteiger partial charge in [-0.3, -0.25) is 4.79 Å². The van der Waals surface area contributed by atoms with Crippen LogP contribution < -0.4 is 5.32 Å². The molecule has 0 unspecified atom stereocenters. The van der Waals surface area contributed by atoms with E-state index < -0.39 is 0 Å². The van der Waals surface area contributed by atoms with E-state index in [2.05, 4.69) is 20.4 Å². The molecule has 1 amide bonds. The van der Waals surface area contributed by atoms with Gasteiger partial charge in [0.2, 0.25) is 0 Å². The molecule has 0 aliphatic rings. The second-order valence-corrected chi connectivity index (χ2v) is 2.81. The van der Waals surface area contributed by atoms with Crippen molar-refractivity contribution in [1.82, 2.24) is 24.9 Å². The number of aromatic nitrogens is 4. The third-order valence-corrected chi connectivity index (χ3v) is 2.02. The first-order chi connectivity index (χ1) is 6.74. The van der Waals surface area contributed by atoms with Gasteiger partial charge in [0.05, 0.1) is 11.3 Å². The fourth-order valence-corrected chi connectivity index (χ4v) is 1.25. The maximum Gasteiger partial charge on any atom is 0.254 e. The van der Waals surface area contributed by atoms with Crippen molar-refractivity contribution < 1.29 is 4.79 Å². The standard InChI is InChI=1S/C8H9N5O/c1-5-6(7(14)9-2)3-10-8-11-4-12-13(5)8/h3-4H,1-2H3,(H,9,14). The molecule has 6 nitrogen and oxygen atoms in total. The van der Waals surface area contributed by atoms with Crippen LogP contribution in [0.25, 0.3) is 5.78 Å². The van der Waals surface area contributed by atoms with Gasteiger partial charge in [0.1, 0.15) is 6.33 Å². The maximum atomic E-state index is 11.4. The predicted octanol–water partition coefficient (Wildman–Crippen LogP) is -0.208. The van der Waals surface area contributed by atoms with Crippen molar-refractivity contribution in [1.29, 1.82) is 0 Å². The molecule has 14 heavy (non-hydrogen) atoms. The van der Waals surface area contributed by atoms with E-state index in [-0.39, 0.29) is 5.91 Å². The van der Waals surface area contributed by atoms with Gasteiger partial charge < -0.3 is 5.32 Å². The summed E-state index contributed by atoms with van der Waals surface area (Å²) < 4.78 is 1.53. The average Bonchev–Trinajstić information content (AvgIpc) is 2.66. The number of carbonyl (C=O) groups excluding carboxylic acids is 1. The highest BCUT2D eigenvalue weighted by atomic mass is 16.1. The SMILES string of the molecule is CNC(=O)c1cnc2ncnn2c1C. The van der Waals surface area contributed by atoms with Crippen LogP contribution in [0.3, 0.4) is 0 Å². The predicted molar refractivity (Wildman–Crippen MR) is 48.9 cm³/mol. The molecular formula is C8H9N5O. The molecular weight excluding hydrogens is 182 g/mol. The number of rotatable bonds is 1. The Balaban J connectivity index is 2.67. The van der Waals surface area contributed by atoms with E-state index in [0.717, 1.165) is 5.69 Å². The number of nitrogens with one attached hydrogen (secondary N) is 1. The Morgan fingerprint density at radius 1 is 1.50 bits per heavy atom. The van der Waals surface area contributed by atoms with Gasteiger partial charge in [-0.25, -0.2) is 9.50 Å². The summed E-state index contributed by atoms with van der Waals surface area (Å²) in [6.45, 7) is 1.80. The molecule has 2 rings (SSSR count). The normalized spacial score (nSPS) is 10.4. The fourth-order valence-electron chi connectivity index (χ4n) is 1.25. The Bertz CT molecular complexity index is 489. The van der Waals surface area contributed by atoms with Crippen LogP contribution in [0.15, 0.2) is 12.5 Å². The number of aryl methyl sites for hydroxylation is 1. The lowest BCUT2D eigenvalue weighted by atomic mass is 10.2. The summed E-state index contributed by atoms with van der Waals surface area (Å²) in [5.74, 6) is 0.322. The van der Waals surface area contributed by atoms with Crippen LogP contribution in [-0.2, 0) is 0 Å². The maximum absolute atomic E-state index is 11.4. The van der Waals surface area contributed by atoms with Crippen molar-refractivity contribution in [3.63, 3.8) is 0 Å². The molecule has 1 N–H and O–H groups in total. The highest BCUT2D eigenvalue weighted by Gasteiger charge is 2.11. The zero-order valence-corrected chi connectivity index (χ0v) is 7.85. The minimum atomic E-state index is -0.174. The highest BCUT2D eigenvalue weighted by molar-refractivity contribution is 5.94. The lowest BCUT2D eigenvalue weighted by molar-refractivity contribution is 0.0961. The molecule has 0 saturated carbocycles.